The molecule has 0 saturated carbocycles. The molecule has 3 rings (SSSR count). The van der Waals surface area contributed by atoms with Gasteiger partial charge in [-0.15, -0.1) is 10.2 Å². The van der Waals surface area contributed by atoms with E-state index < -0.39 is 29.9 Å². The van der Waals surface area contributed by atoms with Crippen LogP contribution in [0.4, 0.5) is 13.2 Å². The molecule has 0 aliphatic carbocycles. The zero-order chi connectivity index (χ0) is 16.8. The summed E-state index contributed by atoms with van der Waals surface area (Å²) < 4.78 is 39.2. The number of carboxylic acid groups (broad SMARTS) is 1. The lowest BCUT2D eigenvalue weighted by Crippen LogP contribution is -2.40. The Labute approximate surface area is 127 Å². The third-order valence-corrected chi connectivity index (χ3v) is 3.70. The quantitative estimate of drug-likeness (QED) is 0.901. The molecule has 1 aliphatic heterocycles. The average Bonchev–Trinajstić information content (AvgIpc) is 3.11. The summed E-state index contributed by atoms with van der Waals surface area (Å²) in [6.45, 7) is 0.252. The van der Waals surface area contributed by atoms with Crippen molar-refractivity contribution in [2.75, 3.05) is 6.54 Å². The van der Waals surface area contributed by atoms with Gasteiger partial charge in [-0.05, 0) is 25.0 Å². The molecule has 2 aromatic rings. The molecule has 0 aromatic carbocycles. The highest BCUT2D eigenvalue weighted by molar-refractivity contribution is 5.97. The molecular weight excluding hydrogens is 317 g/mol. The van der Waals surface area contributed by atoms with E-state index in [0.717, 1.165) is 11.1 Å². The highest BCUT2D eigenvalue weighted by Gasteiger charge is 2.38. The van der Waals surface area contributed by atoms with E-state index in [0.29, 0.717) is 17.2 Å². The molecule has 10 heteroatoms. The van der Waals surface area contributed by atoms with Gasteiger partial charge >= 0.3 is 12.1 Å². The lowest BCUT2D eigenvalue weighted by molar-refractivity contribution is -0.145. The molecule has 1 amide bonds. The van der Waals surface area contributed by atoms with Crippen molar-refractivity contribution >= 4 is 17.5 Å². The molecule has 1 aliphatic rings. The molecule has 2 aromatic heterocycles. The number of carboxylic acids is 1. The summed E-state index contributed by atoms with van der Waals surface area (Å²) in [5.41, 5.74) is -0.0963. The first kappa shape index (κ1) is 15.3. The van der Waals surface area contributed by atoms with E-state index in [4.69, 9.17) is 5.11 Å². The van der Waals surface area contributed by atoms with Crippen LogP contribution >= 0.6 is 0 Å². The third-order valence-electron chi connectivity index (χ3n) is 3.70. The van der Waals surface area contributed by atoms with Crippen LogP contribution in [0.3, 0.4) is 0 Å². The Morgan fingerprint density at radius 2 is 2.00 bits per heavy atom. The molecule has 0 bridgehead atoms. The fourth-order valence-electron chi connectivity index (χ4n) is 2.64. The monoisotopic (exact) mass is 328 g/mol. The topological polar surface area (TPSA) is 87.8 Å². The number of fused-ring (bicyclic) bond motifs is 1. The summed E-state index contributed by atoms with van der Waals surface area (Å²) in [6.07, 6.45) is -2.87. The highest BCUT2D eigenvalue weighted by Crippen LogP contribution is 2.28. The summed E-state index contributed by atoms with van der Waals surface area (Å²) in [6, 6.07) is 1.59. The van der Waals surface area contributed by atoms with Gasteiger partial charge in [-0.2, -0.15) is 13.2 Å². The number of aliphatic carboxylic acids is 1. The van der Waals surface area contributed by atoms with Gasteiger partial charge in [0.05, 0.1) is 5.56 Å². The lowest BCUT2D eigenvalue weighted by Gasteiger charge is -2.21. The van der Waals surface area contributed by atoms with Gasteiger partial charge in [-0.3, -0.25) is 9.20 Å². The van der Waals surface area contributed by atoms with Crippen molar-refractivity contribution in [3.05, 3.63) is 29.7 Å². The molecule has 1 fully saturated rings. The zero-order valence-corrected chi connectivity index (χ0v) is 11.6. The van der Waals surface area contributed by atoms with Crippen LogP contribution in [0.15, 0.2) is 18.3 Å². The average molecular weight is 328 g/mol. The number of rotatable bonds is 2. The number of hydrogen-bond donors (Lipinski definition) is 1. The number of nitrogens with zero attached hydrogens (tertiary/aromatic N) is 4. The molecule has 23 heavy (non-hydrogen) atoms. The lowest BCUT2D eigenvalue weighted by atomic mass is 10.2. The molecular formula is C13H11F3N4O3. The maximum absolute atomic E-state index is 12.9. The van der Waals surface area contributed by atoms with Gasteiger partial charge in [0.1, 0.15) is 6.04 Å². The van der Waals surface area contributed by atoms with Crippen LogP contribution in [0.25, 0.3) is 5.65 Å². The van der Waals surface area contributed by atoms with Crippen LogP contribution in [0, 0.1) is 0 Å². The van der Waals surface area contributed by atoms with Gasteiger partial charge in [0.25, 0.3) is 5.91 Å². The number of pyridine rings is 1. The summed E-state index contributed by atoms with van der Waals surface area (Å²) >= 11 is 0. The van der Waals surface area contributed by atoms with Gasteiger partial charge in [0, 0.05) is 12.7 Å². The van der Waals surface area contributed by atoms with Crippen molar-refractivity contribution in [3.8, 4) is 0 Å². The molecule has 1 N–H and O–H groups in total. The Morgan fingerprint density at radius 1 is 1.26 bits per heavy atom. The van der Waals surface area contributed by atoms with Crippen molar-refractivity contribution in [3.63, 3.8) is 0 Å². The Balaban J connectivity index is 2.00. The summed E-state index contributed by atoms with van der Waals surface area (Å²) in [7, 11) is 0. The van der Waals surface area contributed by atoms with Crippen LogP contribution < -0.4 is 0 Å². The molecule has 122 valence electrons. The molecule has 1 unspecified atom stereocenters. The number of alkyl halides is 3. The Kier molecular flexibility index (Phi) is 3.46. The van der Waals surface area contributed by atoms with Crippen molar-refractivity contribution < 1.29 is 27.9 Å². The smallest absolute Gasteiger partial charge is 0.452 e. The fourth-order valence-corrected chi connectivity index (χ4v) is 2.64. The van der Waals surface area contributed by atoms with E-state index in [1.54, 1.807) is 0 Å². The standard InChI is InChI=1S/C13H11F3N4O3/c14-13(15,16)12-18-17-9-4-3-7(6-20(9)12)10(21)19-5-1-2-8(19)11(22)23/h3-4,6,8H,1-2,5H2,(H,22,23). The largest absolute Gasteiger partial charge is 0.480 e. The number of amides is 1. The zero-order valence-electron chi connectivity index (χ0n) is 11.6. The minimum absolute atomic E-state index is 0.0454. The number of hydrogen-bond acceptors (Lipinski definition) is 4. The molecule has 7 nitrogen and oxygen atoms in total. The molecule has 0 radical (unpaired) electrons. The predicted octanol–water partition coefficient (Wildman–Crippen LogP) is 1.44. The number of carbonyl (C=O) groups is 2. The minimum Gasteiger partial charge on any atom is -0.480 e. The van der Waals surface area contributed by atoms with Gasteiger partial charge in [-0.1, -0.05) is 0 Å². The first-order valence-electron chi connectivity index (χ1n) is 6.75. The van der Waals surface area contributed by atoms with Crippen molar-refractivity contribution in [1.29, 1.82) is 0 Å². The molecule has 1 saturated heterocycles. The summed E-state index contributed by atoms with van der Waals surface area (Å²) in [5, 5.41) is 15.6. The maximum Gasteiger partial charge on any atom is 0.452 e. The number of aromatic nitrogens is 3. The summed E-state index contributed by atoms with van der Waals surface area (Å²) in [5.74, 6) is -2.99. The SMILES string of the molecule is O=C(O)C1CCCN1C(=O)c1ccc2nnc(C(F)(F)F)n2c1. The van der Waals surface area contributed by atoms with Crippen LogP contribution in [0.1, 0.15) is 29.0 Å². The molecule has 0 spiro atoms. The fraction of sp³-hybridized carbons (Fsp3) is 0.385. The van der Waals surface area contributed by atoms with E-state index in [2.05, 4.69) is 10.2 Å². The van der Waals surface area contributed by atoms with Crippen LogP contribution in [0.2, 0.25) is 0 Å². The van der Waals surface area contributed by atoms with Crippen LogP contribution in [-0.4, -0.2) is 49.1 Å². The van der Waals surface area contributed by atoms with E-state index in [1.165, 1.54) is 12.1 Å². The van der Waals surface area contributed by atoms with Gasteiger partial charge in [0.2, 0.25) is 5.82 Å². The van der Waals surface area contributed by atoms with E-state index in [9.17, 15) is 22.8 Å². The Bertz CT molecular complexity index is 786. The molecule has 1 atom stereocenters. The van der Waals surface area contributed by atoms with Gasteiger partial charge < -0.3 is 10.0 Å². The Morgan fingerprint density at radius 3 is 2.65 bits per heavy atom. The van der Waals surface area contributed by atoms with Crippen molar-refractivity contribution in [1.82, 2.24) is 19.5 Å². The Hall–Kier alpha value is -2.65. The number of likely N-dealkylation sites (tertiary alicyclic amines) is 1. The second-order valence-electron chi connectivity index (χ2n) is 5.16. The summed E-state index contributed by atoms with van der Waals surface area (Å²) in [4.78, 5) is 24.7. The second kappa shape index (κ2) is 5.21. The van der Waals surface area contributed by atoms with Crippen molar-refractivity contribution in [2.45, 2.75) is 25.1 Å². The first-order valence-corrected chi connectivity index (χ1v) is 6.75. The van der Waals surface area contributed by atoms with Gasteiger partial charge in [-0.25, -0.2) is 4.79 Å². The van der Waals surface area contributed by atoms with E-state index >= 15 is 0 Å². The van der Waals surface area contributed by atoms with E-state index in [1.807, 2.05) is 0 Å². The predicted molar refractivity (Wildman–Crippen MR) is 69.7 cm³/mol. The van der Waals surface area contributed by atoms with E-state index in [-0.39, 0.29) is 17.8 Å². The molecule has 3 heterocycles. The normalized spacial score (nSPS) is 18.6. The van der Waals surface area contributed by atoms with Crippen molar-refractivity contribution in [2.24, 2.45) is 0 Å². The first-order chi connectivity index (χ1) is 10.8. The number of carbonyl (C=O) groups excluding carboxylic acids is 1. The minimum atomic E-state index is -4.71. The highest BCUT2D eigenvalue weighted by atomic mass is 19.4. The van der Waals surface area contributed by atoms with Crippen LogP contribution in [0.5, 0.6) is 0 Å². The maximum atomic E-state index is 12.9. The van der Waals surface area contributed by atoms with Gasteiger partial charge in [0.15, 0.2) is 5.65 Å². The number of halogens is 3. The second-order valence-corrected chi connectivity index (χ2v) is 5.16. The van der Waals surface area contributed by atoms with Crippen LogP contribution in [-0.2, 0) is 11.0 Å². The third kappa shape index (κ3) is 2.60.